The van der Waals surface area contributed by atoms with E-state index in [0.29, 0.717) is 0 Å². The molecule has 1 fully saturated rings. The molecule has 1 aliphatic rings. The van der Waals surface area contributed by atoms with Gasteiger partial charge in [0.15, 0.2) is 0 Å². The zero-order valence-corrected chi connectivity index (χ0v) is 5.65. The Hall–Kier alpha value is -0.760. The van der Waals surface area contributed by atoms with Crippen molar-refractivity contribution in [1.29, 1.82) is 5.26 Å². The molecule has 0 bridgehead atoms. The van der Waals surface area contributed by atoms with Crippen molar-refractivity contribution in [1.82, 2.24) is 5.32 Å². The number of alkyl halides is 3. The minimum Gasteiger partial charge on any atom is -0.305 e. The van der Waals surface area contributed by atoms with Gasteiger partial charge in [-0.1, -0.05) is 0 Å². The molecule has 0 aromatic rings. The average Bonchev–Trinajstić information content (AvgIpc) is 2.32. The van der Waals surface area contributed by atoms with Gasteiger partial charge in [0.2, 0.25) is 0 Å². The van der Waals surface area contributed by atoms with Crippen molar-refractivity contribution in [3.8, 4) is 6.07 Å². The van der Waals surface area contributed by atoms with Crippen molar-refractivity contribution >= 4 is 0 Å². The number of halogens is 3. The van der Waals surface area contributed by atoms with Crippen LogP contribution >= 0.6 is 0 Å². The van der Waals surface area contributed by atoms with Gasteiger partial charge in [0.05, 0.1) is 12.0 Å². The summed E-state index contributed by atoms with van der Waals surface area (Å²) in [7, 11) is 0. The Labute approximate surface area is 62.0 Å². The van der Waals surface area contributed by atoms with Crippen molar-refractivity contribution in [2.75, 3.05) is 6.54 Å². The number of hydrogen-bond acceptors (Lipinski definition) is 2. The van der Waals surface area contributed by atoms with Crippen LogP contribution in [0.15, 0.2) is 0 Å². The molecule has 0 saturated carbocycles. The molecule has 2 nitrogen and oxygen atoms in total. The van der Waals surface area contributed by atoms with Gasteiger partial charge in [-0.3, -0.25) is 0 Å². The Bertz CT molecular complexity index is 181. The molecular formula is C6H7F3N2. The van der Waals surface area contributed by atoms with E-state index in [-0.39, 0.29) is 13.0 Å². The molecule has 1 heterocycles. The van der Waals surface area contributed by atoms with Gasteiger partial charge in [-0.05, 0) is 6.42 Å². The molecule has 1 aliphatic heterocycles. The topological polar surface area (TPSA) is 35.8 Å². The van der Waals surface area contributed by atoms with E-state index in [2.05, 4.69) is 5.32 Å². The molecule has 0 aromatic heterocycles. The summed E-state index contributed by atoms with van der Waals surface area (Å²) in [6, 6.07) is 0.324. The minimum absolute atomic E-state index is 0.111. The molecule has 1 rings (SSSR count). The second-order valence-corrected chi connectivity index (χ2v) is 2.56. The number of nitrogens with zero attached hydrogens (tertiary/aromatic N) is 1. The SMILES string of the molecule is N#CC1CNC(C(F)(F)F)C1. The zero-order valence-electron chi connectivity index (χ0n) is 5.65. The third kappa shape index (κ3) is 1.84. The Morgan fingerprint density at radius 3 is 2.36 bits per heavy atom. The van der Waals surface area contributed by atoms with Gasteiger partial charge in [-0.25, -0.2) is 0 Å². The van der Waals surface area contributed by atoms with Crippen LogP contribution in [0.2, 0.25) is 0 Å². The molecule has 0 aliphatic carbocycles. The fourth-order valence-corrected chi connectivity index (χ4v) is 1.08. The lowest BCUT2D eigenvalue weighted by atomic mass is 10.1. The van der Waals surface area contributed by atoms with Crippen LogP contribution in [0.5, 0.6) is 0 Å². The Morgan fingerprint density at radius 2 is 2.09 bits per heavy atom. The van der Waals surface area contributed by atoms with Gasteiger partial charge in [0, 0.05) is 6.54 Å². The maximum absolute atomic E-state index is 11.9. The lowest BCUT2D eigenvalue weighted by Gasteiger charge is -2.13. The van der Waals surface area contributed by atoms with Gasteiger partial charge in [0.1, 0.15) is 6.04 Å². The predicted octanol–water partition coefficient (Wildman–Crippen LogP) is 1.05. The highest BCUT2D eigenvalue weighted by Crippen LogP contribution is 2.28. The Kier molecular flexibility index (Phi) is 2.05. The van der Waals surface area contributed by atoms with E-state index in [1.807, 2.05) is 0 Å². The summed E-state index contributed by atoms with van der Waals surface area (Å²) in [6.07, 6.45) is -4.31. The van der Waals surface area contributed by atoms with Gasteiger partial charge >= 0.3 is 6.18 Å². The first kappa shape index (κ1) is 8.34. The Balaban J connectivity index is 2.50. The summed E-state index contributed by atoms with van der Waals surface area (Å²) in [5.74, 6) is -0.485. The van der Waals surface area contributed by atoms with Crippen LogP contribution in [-0.4, -0.2) is 18.8 Å². The third-order valence-corrected chi connectivity index (χ3v) is 1.71. The first-order valence-corrected chi connectivity index (χ1v) is 3.23. The smallest absolute Gasteiger partial charge is 0.305 e. The van der Waals surface area contributed by atoms with Gasteiger partial charge < -0.3 is 5.32 Å². The summed E-state index contributed by atoms with van der Waals surface area (Å²) in [5.41, 5.74) is 0. The van der Waals surface area contributed by atoms with E-state index in [1.165, 1.54) is 0 Å². The molecular weight excluding hydrogens is 157 g/mol. The molecule has 0 aromatic carbocycles. The van der Waals surface area contributed by atoms with Crippen LogP contribution in [0.4, 0.5) is 13.2 Å². The lowest BCUT2D eigenvalue weighted by Crippen LogP contribution is -2.36. The van der Waals surface area contributed by atoms with Crippen LogP contribution in [-0.2, 0) is 0 Å². The standard InChI is InChI=1S/C6H7F3N2/c7-6(8,9)5-1-4(2-10)3-11-5/h4-5,11H,1,3H2. The lowest BCUT2D eigenvalue weighted by molar-refractivity contribution is -0.152. The predicted molar refractivity (Wildman–Crippen MR) is 31.6 cm³/mol. The fraction of sp³-hybridized carbons (Fsp3) is 0.833. The monoisotopic (exact) mass is 164 g/mol. The van der Waals surface area contributed by atoms with Gasteiger partial charge in [0.25, 0.3) is 0 Å². The second kappa shape index (κ2) is 2.70. The largest absolute Gasteiger partial charge is 0.403 e. The van der Waals surface area contributed by atoms with E-state index in [4.69, 9.17) is 5.26 Å². The van der Waals surface area contributed by atoms with Crippen molar-refractivity contribution < 1.29 is 13.2 Å². The van der Waals surface area contributed by atoms with Gasteiger partial charge in [-0.15, -0.1) is 0 Å². The van der Waals surface area contributed by atoms with Crippen molar-refractivity contribution in [3.05, 3.63) is 0 Å². The van der Waals surface area contributed by atoms with Crippen molar-refractivity contribution in [2.24, 2.45) is 5.92 Å². The number of nitrogens with one attached hydrogen (secondary N) is 1. The summed E-state index contributed by atoms with van der Waals surface area (Å²) < 4.78 is 35.7. The molecule has 1 saturated heterocycles. The maximum atomic E-state index is 11.9. The summed E-state index contributed by atoms with van der Waals surface area (Å²) in [4.78, 5) is 0. The first-order valence-electron chi connectivity index (χ1n) is 3.23. The maximum Gasteiger partial charge on any atom is 0.403 e. The van der Waals surface area contributed by atoms with Crippen molar-refractivity contribution in [2.45, 2.75) is 18.6 Å². The van der Waals surface area contributed by atoms with Crippen LogP contribution in [0.3, 0.4) is 0 Å². The molecule has 2 unspecified atom stereocenters. The highest BCUT2D eigenvalue weighted by atomic mass is 19.4. The molecule has 11 heavy (non-hydrogen) atoms. The van der Waals surface area contributed by atoms with Crippen molar-refractivity contribution in [3.63, 3.8) is 0 Å². The van der Waals surface area contributed by atoms with Gasteiger partial charge in [-0.2, -0.15) is 18.4 Å². The number of hydrogen-bond donors (Lipinski definition) is 1. The third-order valence-electron chi connectivity index (χ3n) is 1.71. The van der Waals surface area contributed by atoms with Crippen LogP contribution in [0, 0.1) is 17.2 Å². The molecule has 62 valence electrons. The van der Waals surface area contributed by atoms with E-state index in [9.17, 15) is 13.2 Å². The minimum atomic E-state index is -4.20. The summed E-state index contributed by atoms with van der Waals surface area (Å²) in [6.45, 7) is 0.153. The highest BCUT2D eigenvalue weighted by Gasteiger charge is 2.43. The number of nitriles is 1. The zero-order chi connectivity index (χ0) is 8.48. The fourth-order valence-electron chi connectivity index (χ4n) is 1.08. The quantitative estimate of drug-likeness (QED) is 0.580. The van der Waals surface area contributed by atoms with Crippen LogP contribution in [0.1, 0.15) is 6.42 Å². The van der Waals surface area contributed by atoms with E-state index < -0.39 is 18.1 Å². The second-order valence-electron chi connectivity index (χ2n) is 2.56. The summed E-state index contributed by atoms with van der Waals surface area (Å²) >= 11 is 0. The normalized spacial score (nSPS) is 31.8. The average molecular weight is 164 g/mol. The number of rotatable bonds is 0. The van der Waals surface area contributed by atoms with E-state index >= 15 is 0 Å². The van der Waals surface area contributed by atoms with E-state index in [1.54, 1.807) is 6.07 Å². The molecule has 0 amide bonds. The van der Waals surface area contributed by atoms with Crippen LogP contribution in [0.25, 0.3) is 0 Å². The summed E-state index contributed by atoms with van der Waals surface area (Å²) in [5, 5.41) is 10.5. The first-order chi connectivity index (χ1) is 5.04. The highest BCUT2D eigenvalue weighted by molar-refractivity contribution is 4.96. The molecule has 5 heteroatoms. The molecule has 0 radical (unpaired) electrons. The molecule has 1 N–H and O–H groups in total. The molecule has 0 spiro atoms. The van der Waals surface area contributed by atoms with Crippen LogP contribution < -0.4 is 5.32 Å². The molecule has 2 atom stereocenters. The van der Waals surface area contributed by atoms with E-state index in [0.717, 1.165) is 0 Å². The Morgan fingerprint density at radius 1 is 1.45 bits per heavy atom.